The second-order valence-electron chi connectivity index (χ2n) is 3.46. The zero-order valence-corrected chi connectivity index (χ0v) is 13.4. The molecule has 0 spiro atoms. The molecule has 2 aromatic heterocycles. The van der Waals surface area contributed by atoms with Crippen LogP contribution in [-0.2, 0) is 11.2 Å². The van der Waals surface area contributed by atoms with Crippen molar-refractivity contribution in [2.45, 2.75) is 29.8 Å². The van der Waals surface area contributed by atoms with E-state index in [-0.39, 0.29) is 11.7 Å². The Labute approximate surface area is 128 Å². The van der Waals surface area contributed by atoms with Crippen LogP contribution in [0.3, 0.4) is 0 Å². The monoisotopic (exact) mass is 331 g/mol. The standard InChI is InChI=1S/C10H13N5O2S3/c1-3-7-12-14-9(17-7)19-5-6(16)11-8-13-15-10(20-8)18-4-2/h3-5H2,1-2H3,(H,11,13,16). The van der Waals surface area contributed by atoms with Crippen molar-refractivity contribution in [3.05, 3.63) is 5.89 Å². The second kappa shape index (κ2) is 7.60. The van der Waals surface area contributed by atoms with Gasteiger partial charge in [0.1, 0.15) is 0 Å². The number of hydrogen-bond donors (Lipinski definition) is 1. The summed E-state index contributed by atoms with van der Waals surface area (Å²) in [4.78, 5) is 11.7. The minimum absolute atomic E-state index is 0.171. The lowest BCUT2D eigenvalue weighted by molar-refractivity contribution is -0.113. The SMILES string of the molecule is CCSc1nnc(NC(=O)CSc2nnc(CC)o2)s1. The van der Waals surface area contributed by atoms with Gasteiger partial charge in [0.2, 0.25) is 16.9 Å². The van der Waals surface area contributed by atoms with Gasteiger partial charge < -0.3 is 4.42 Å². The van der Waals surface area contributed by atoms with Crippen LogP contribution in [0.4, 0.5) is 5.13 Å². The minimum atomic E-state index is -0.171. The van der Waals surface area contributed by atoms with Crippen LogP contribution in [0.2, 0.25) is 0 Å². The number of thioether (sulfide) groups is 2. The van der Waals surface area contributed by atoms with Crippen molar-refractivity contribution >= 4 is 45.9 Å². The van der Waals surface area contributed by atoms with Gasteiger partial charge in [0.25, 0.3) is 5.22 Å². The molecule has 0 aliphatic rings. The fourth-order valence-electron chi connectivity index (χ4n) is 1.16. The molecule has 0 unspecified atom stereocenters. The molecule has 0 fully saturated rings. The summed E-state index contributed by atoms with van der Waals surface area (Å²) in [5, 5.41) is 19.1. The largest absolute Gasteiger partial charge is 0.416 e. The molecule has 108 valence electrons. The first-order chi connectivity index (χ1) is 9.71. The smallest absolute Gasteiger partial charge is 0.277 e. The molecule has 0 aliphatic heterocycles. The van der Waals surface area contributed by atoms with Crippen LogP contribution in [0.5, 0.6) is 0 Å². The highest BCUT2D eigenvalue weighted by Gasteiger charge is 2.11. The minimum Gasteiger partial charge on any atom is -0.416 e. The highest BCUT2D eigenvalue weighted by atomic mass is 32.2. The van der Waals surface area contributed by atoms with Crippen LogP contribution in [0.25, 0.3) is 0 Å². The number of anilines is 1. The fourth-order valence-corrected chi connectivity index (χ4v) is 3.41. The molecule has 0 bridgehead atoms. The number of hydrogen-bond acceptors (Lipinski definition) is 9. The van der Waals surface area contributed by atoms with E-state index in [1.165, 1.54) is 23.1 Å². The van der Waals surface area contributed by atoms with Crippen LogP contribution in [0.15, 0.2) is 14.0 Å². The summed E-state index contributed by atoms with van der Waals surface area (Å²) < 4.78 is 6.15. The molecular formula is C10H13N5O2S3. The van der Waals surface area contributed by atoms with Gasteiger partial charge in [-0.15, -0.1) is 20.4 Å². The van der Waals surface area contributed by atoms with E-state index in [0.29, 0.717) is 22.7 Å². The molecule has 2 heterocycles. The molecule has 0 saturated carbocycles. The van der Waals surface area contributed by atoms with Gasteiger partial charge in [-0.1, -0.05) is 48.7 Å². The first-order valence-corrected chi connectivity index (χ1v) is 8.71. The maximum atomic E-state index is 11.7. The van der Waals surface area contributed by atoms with Crippen molar-refractivity contribution in [2.75, 3.05) is 16.8 Å². The topological polar surface area (TPSA) is 93.8 Å². The average molecular weight is 331 g/mol. The normalized spacial score (nSPS) is 10.7. The number of nitrogens with one attached hydrogen (secondary N) is 1. The predicted molar refractivity (Wildman–Crippen MR) is 79.3 cm³/mol. The van der Waals surface area contributed by atoms with Gasteiger partial charge in [-0.05, 0) is 5.75 Å². The number of aromatic nitrogens is 4. The molecule has 0 radical (unpaired) electrons. The van der Waals surface area contributed by atoms with E-state index in [2.05, 4.69) is 25.7 Å². The van der Waals surface area contributed by atoms with Gasteiger partial charge in [0, 0.05) is 6.42 Å². The summed E-state index contributed by atoms with van der Waals surface area (Å²) in [6.45, 7) is 3.96. The zero-order valence-electron chi connectivity index (χ0n) is 11.0. The Hall–Kier alpha value is -1.13. The van der Waals surface area contributed by atoms with E-state index in [1.54, 1.807) is 11.8 Å². The quantitative estimate of drug-likeness (QED) is 0.610. The number of carbonyl (C=O) groups excluding carboxylic acids is 1. The molecule has 10 heteroatoms. The lowest BCUT2D eigenvalue weighted by atomic mass is 10.5. The van der Waals surface area contributed by atoms with Gasteiger partial charge >= 0.3 is 0 Å². The Bertz CT molecular complexity index is 571. The summed E-state index contributed by atoms with van der Waals surface area (Å²) in [6.07, 6.45) is 0.683. The number of carbonyl (C=O) groups is 1. The number of amides is 1. The van der Waals surface area contributed by atoms with Crippen molar-refractivity contribution in [3.63, 3.8) is 0 Å². The number of nitrogens with zero attached hydrogens (tertiary/aromatic N) is 4. The first-order valence-electron chi connectivity index (χ1n) is 5.92. The number of aryl methyl sites for hydroxylation is 1. The molecule has 0 aliphatic carbocycles. The first kappa shape index (κ1) is 15.3. The molecule has 1 amide bonds. The summed E-state index contributed by atoms with van der Waals surface area (Å²) in [5.74, 6) is 1.52. The Kier molecular flexibility index (Phi) is 5.80. The predicted octanol–water partition coefficient (Wildman–Crippen LogP) is 2.33. The lowest BCUT2D eigenvalue weighted by Crippen LogP contribution is -2.13. The van der Waals surface area contributed by atoms with Crippen LogP contribution < -0.4 is 5.32 Å². The molecule has 1 N–H and O–H groups in total. The third-order valence-corrected chi connectivity index (χ3v) is 4.67. The molecule has 2 aromatic rings. The summed E-state index contributed by atoms with van der Waals surface area (Å²) in [6, 6.07) is 0. The third-order valence-electron chi connectivity index (χ3n) is 2.00. The Morgan fingerprint density at radius 2 is 2.10 bits per heavy atom. The van der Waals surface area contributed by atoms with E-state index in [1.807, 2.05) is 13.8 Å². The van der Waals surface area contributed by atoms with E-state index in [0.717, 1.165) is 10.1 Å². The van der Waals surface area contributed by atoms with Gasteiger partial charge in [-0.3, -0.25) is 10.1 Å². The molecule has 7 nitrogen and oxygen atoms in total. The van der Waals surface area contributed by atoms with Gasteiger partial charge in [-0.25, -0.2) is 0 Å². The van der Waals surface area contributed by atoms with Crippen molar-refractivity contribution in [1.29, 1.82) is 0 Å². The van der Waals surface area contributed by atoms with E-state index < -0.39 is 0 Å². The van der Waals surface area contributed by atoms with Crippen molar-refractivity contribution < 1.29 is 9.21 Å². The molecule has 20 heavy (non-hydrogen) atoms. The van der Waals surface area contributed by atoms with Crippen LogP contribution in [-0.4, -0.2) is 37.8 Å². The van der Waals surface area contributed by atoms with E-state index in [9.17, 15) is 4.79 Å². The van der Waals surface area contributed by atoms with Crippen molar-refractivity contribution in [2.24, 2.45) is 0 Å². The molecule has 0 atom stereocenters. The van der Waals surface area contributed by atoms with Crippen LogP contribution >= 0.6 is 34.9 Å². The highest BCUT2D eigenvalue weighted by Crippen LogP contribution is 2.25. The molecule has 0 saturated heterocycles. The maximum Gasteiger partial charge on any atom is 0.277 e. The third kappa shape index (κ3) is 4.46. The van der Waals surface area contributed by atoms with Gasteiger partial charge in [0.05, 0.1) is 5.75 Å². The van der Waals surface area contributed by atoms with Gasteiger partial charge in [-0.2, -0.15) is 0 Å². The summed E-state index contributed by atoms with van der Waals surface area (Å²) in [7, 11) is 0. The molecule has 2 rings (SSSR count). The second-order valence-corrected chi connectivity index (χ2v) is 6.87. The maximum absolute atomic E-state index is 11.7. The van der Waals surface area contributed by atoms with E-state index in [4.69, 9.17) is 4.42 Å². The molecule has 0 aromatic carbocycles. The van der Waals surface area contributed by atoms with Crippen molar-refractivity contribution in [1.82, 2.24) is 20.4 Å². The summed E-state index contributed by atoms with van der Waals surface area (Å²) in [5.41, 5.74) is 0. The molecular weight excluding hydrogens is 318 g/mol. The van der Waals surface area contributed by atoms with Gasteiger partial charge in [0.15, 0.2) is 4.34 Å². The Morgan fingerprint density at radius 1 is 1.25 bits per heavy atom. The number of rotatable bonds is 7. The fraction of sp³-hybridized carbons (Fsp3) is 0.500. The zero-order chi connectivity index (χ0) is 14.4. The Balaban J connectivity index is 1.79. The van der Waals surface area contributed by atoms with Crippen molar-refractivity contribution in [3.8, 4) is 0 Å². The Morgan fingerprint density at radius 3 is 2.80 bits per heavy atom. The lowest BCUT2D eigenvalue weighted by Gasteiger charge is -1.97. The van der Waals surface area contributed by atoms with E-state index >= 15 is 0 Å². The highest BCUT2D eigenvalue weighted by molar-refractivity contribution is 8.01. The average Bonchev–Trinajstić information content (AvgIpc) is 3.06. The van der Waals surface area contributed by atoms with Crippen LogP contribution in [0, 0.1) is 0 Å². The van der Waals surface area contributed by atoms with Crippen LogP contribution in [0.1, 0.15) is 19.7 Å². The summed E-state index contributed by atoms with van der Waals surface area (Å²) >= 11 is 4.16.